The summed E-state index contributed by atoms with van der Waals surface area (Å²) in [5.41, 5.74) is 4.99. The third kappa shape index (κ3) is 2.19. The van der Waals surface area contributed by atoms with Crippen LogP contribution < -0.4 is 11.3 Å². The fourth-order valence-electron chi connectivity index (χ4n) is 2.30. The third-order valence-corrected chi connectivity index (χ3v) is 3.21. The highest BCUT2D eigenvalue weighted by atomic mass is 15.2. The van der Waals surface area contributed by atoms with Crippen LogP contribution in [-0.2, 0) is 0 Å². The van der Waals surface area contributed by atoms with Gasteiger partial charge in [0, 0.05) is 30.2 Å². The van der Waals surface area contributed by atoms with E-state index in [1.165, 1.54) is 0 Å². The summed E-state index contributed by atoms with van der Waals surface area (Å²) >= 11 is 0. The van der Waals surface area contributed by atoms with Crippen molar-refractivity contribution in [1.82, 2.24) is 15.4 Å². The maximum Gasteiger partial charge on any atom is 0.0731 e. The topological polar surface area (TPSA) is 63.8 Å². The average Bonchev–Trinajstić information content (AvgIpc) is 2.49. The van der Waals surface area contributed by atoms with Gasteiger partial charge in [-0.15, -0.1) is 0 Å². The van der Waals surface area contributed by atoms with Gasteiger partial charge in [-0.25, -0.2) is 5.43 Å². The Morgan fingerprint density at radius 1 is 0.947 bits per heavy atom. The highest BCUT2D eigenvalue weighted by Crippen LogP contribution is 2.27. The number of fused-ring (bicyclic) bond motifs is 1. The highest BCUT2D eigenvalue weighted by molar-refractivity contribution is 5.85. The maximum atomic E-state index is 5.73. The molecule has 0 saturated carbocycles. The SMILES string of the molecule is NNC(c1cccnc1)c1cccc2ccncc12. The van der Waals surface area contributed by atoms with Gasteiger partial charge in [0.05, 0.1) is 6.04 Å². The van der Waals surface area contributed by atoms with Gasteiger partial charge in [-0.3, -0.25) is 15.8 Å². The molecule has 0 radical (unpaired) electrons. The Balaban J connectivity index is 2.17. The molecule has 0 fully saturated rings. The van der Waals surface area contributed by atoms with Crippen molar-refractivity contribution in [2.75, 3.05) is 0 Å². The van der Waals surface area contributed by atoms with Crippen molar-refractivity contribution < 1.29 is 0 Å². The van der Waals surface area contributed by atoms with Crippen LogP contribution in [0, 0.1) is 0 Å². The maximum absolute atomic E-state index is 5.73. The first-order valence-electron chi connectivity index (χ1n) is 6.09. The number of rotatable bonds is 3. The number of hydrogen-bond acceptors (Lipinski definition) is 4. The van der Waals surface area contributed by atoms with Gasteiger partial charge in [0.25, 0.3) is 0 Å². The second-order valence-electron chi connectivity index (χ2n) is 4.33. The molecule has 0 spiro atoms. The second kappa shape index (κ2) is 5.14. The van der Waals surface area contributed by atoms with E-state index in [1.807, 2.05) is 36.7 Å². The van der Waals surface area contributed by atoms with Crippen molar-refractivity contribution >= 4 is 10.8 Å². The van der Waals surface area contributed by atoms with Crippen LogP contribution in [0.1, 0.15) is 17.2 Å². The van der Waals surface area contributed by atoms with Crippen LogP contribution >= 0.6 is 0 Å². The lowest BCUT2D eigenvalue weighted by Crippen LogP contribution is -2.29. The van der Waals surface area contributed by atoms with Crippen molar-refractivity contribution in [3.8, 4) is 0 Å². The molecule has 3 N–H and O–H groups in total. The summed E-state index contributed by atoms with van der Waals surface area (Å²) < 4.78 is 0. The van der Waals surface area contributed by atoms with Gasteiger partial charge in [0.1, 0.15) is 0 Å². The minimum Gasteiger partial charge on any atom is -0.271 e. The smallest absolute Gasteiger partial charge is 0.0731 e. The molecule has 0 amide bonds. The fraction of sp³-hybridized carbons (Fsp3) is 0.0667. The summed E-state index contributed by atoms with van der Waals surface area (Å²) in [5, 5.41) is 2.24. The van der Waals surface area contributed by atoms with Crippen LogP contribution in [-0.4, -0.2) is 9.97 Å². The minimum absolute atomic E-state index is 0.0957. The summed E-state index contributed by atoms with van der Waals surface area (Å²) in [7, 11) is 0. The van der Waals surface area contributed by atoms with Gasteiger partial charge in [-0.2, -0.15) is 0 Å². The van der Waals surface area contributed by atoms with E-state index >= 15 is 0 Å². The number of hydrogen-bond donors (Lipinski definition) is 2. The number of nitrogens with zero attached hydrogens (tertiary/aromatic N) is 2. The molecule has 4 heteroatoms. The van der Waals surface area contributed by atoms with Gasteiger partial charge >= 0.3 is 0 Å². The van der Waals surface area contributed by atoms with E-state index < -0.39 is 0 Å². The molecule has 94 valence electrons. The van der Waals surface area contributed by atoms with Gasteiger partial charge < -0.3 is 0 Å². The van der Waals surface area contributed by atoms with Gasteiger partial charge in [-0.1, -0.05) is 24.3 Å². The summed E-state index contributed by atoms with van der Waals surface area (Å²) in [6, 6.07) is 12.0. The van der Waals surface area contributed by atoms with E-state index in [4.69, 9.17) is 5.84 Å². The van der Waals surface area contributed by atoms with Crippen molar-refractivity contribution in [3.05, 3.63) is 72.3 Å². The summed E-state index contributed by atoms with van der Waals surface area (Å²) in [4.78, 5) is 8.35. The molecule has 0 aliphatic carbocycles. The molecule has 3 rings (SSSR count). The lowest BCUT2D eigenvalue weighted by Gasteiger charge is -2.18. The van der Waals surface area contributed by atoms with Crippen LogP contribution in [0.15, 0.2) is 61.2 Å². The normalized spacial score (nSPS) is 12.5. The molecule has 1 unspecified atom stereocenters. The first kappa shape index (κ1) is 11.8. The number of hydrazine groups is 1. The van der Waals surface area contributed by atoms with E-state index in [0.717, 1.165) is 21.9 Å². The number of benzene rings is 1. The quantitative estimate of drug-likeness (QED) is 0.552. The van der Waals surface area contributed by atoms with E-state index in [-0.39, 0.29) is 6.04 Å². The molecule has 19 heavy (non-hydrogen) atoms. The van der Waals surface area contributed by atoms with Crippen molar-refractivity contribution in [2.45, 2.75) is 6.04 Å². The Morgan fingerprint density at radius 3 is 2.63 bits per heavy atom. The zero-order valence-corrected chi connectivity index (χ0v) is 10.3. The number of aromatic nitrogens is 2. The van der Waals surface area contributed by atoms with Gasteiger partial charge in [0.15, 0.2) is 0 Å². The van der Waals surface area contributed by atoms with E-state index in [0.29, 0.717) is 0 Å². The second-order valence-corrected chi connectivity index (χ2v) is 4.33. The van der Waals surface area contributed by atoms with E-state index in [9.17, 15) is 0 Å². The zero-order chi connectivity index (χ0) is 13.1. The van der Waals surface area contributed by atoms with Gasteiger partial charge in [0.2, 0.25) is 0 Å². The molecule has 3 aromatic rings. The standard InChI is InChI=1S/C15H14N4/c16-19-15(12-4-2-7-17-9-12)13-5-1-3-11-6-8-18-10-14(11)13/h1-10,15,19H,16H2. The molecule has 1 atom stereocenters. The number of nitrogens with one attached hydrogen (secondary N) is 1. The zero-order valence-electron chi connectivity index (χ0n) is 10.3. The molecule has 0 aliphatic heterocycles. The molecular weight excluding hydrogens is 236 g/mol. The van der Waals surface area contributed by atoms with Crippen LogP contribution in [0.4, 0.5) is 0 Å². The molecule has 0 bridgehead atoms. The average molecular weight is 250 g/mol. The molecule has 0 saturated heterocycles. The molecule has 4 nitrogen and oxygen atoms in total. The van der Waals surface area contributed by atoms with E-state index in [1.54, 1.807) is 12.4 Å². The molecular formula is C15H14N4. The predicted molar refractivity (Wildman–Crippen MR) is 75.1 cm³/mol. The summed E-state index contributed by atoms with van der Waals surface area (Å²) in [5.74, 6) is 5.73. The molecule has 2 aromatic heterocycles. The van der Waals surface area contributed by atoms with Crippen molar-refractivity contribution in [3.63, 3.8) is 0 Å². The third-order valence-electron chi connectivity index (χ3n) is 3.21. The van der Waals surface area contributed by atoms with Crippen molar-refractivity contribution in [1.29, 1.82) is 0 Å². The fourth-order valence-corrected chi connectivity index (χ4v) is 2.30. The molecule has 0 aliphatic rings. The highest BCUT2D eigenvalue weighted by Gasteiger charge is 2.15. The van der Waals surface area contributed by atoms with Crippen LogP contribution in [0.3, 0.4) is 0 Å². The lowest BCUT2D eigenvalue weighted by atomic mass is 9.96. The van der Waals surface area contributed by atoms with E-state index in [2.05, 4.69) is 27.5 Å². The summed E-state index contributed by atoms with van der Waals surface area (Å²) in [6.07, 6.45) is 7.23. The van der Waals surface area contributed by atoms with Crippen LogP contribution in [0.5, 0.6) is 0 Å². The van der Waals surface area contributed by atoms with Crippen LogP contribution in [0.25, 0.3) is 10.8 Å². The summed E-state index contributed by atoms with van der Waals surface area (Å²) in [6.45, 7) is 0. The number of nitrogens with two attached hydrogens (primary N) is 1. The molecule has 2 heterocycles. The Bertz CT molecular complexity index is 677. The largest absolute Gasteiger partial charge is 0.271 e. The lowest BCUT2D eigenvalue weighted by molar-refractivity contribution is 0.638. The first-order chi connectivity index (χ1) is 9.40. The van der Waals surface area contributed by atoms with Crippen LogP contribution in [0.2, 0.25) is 0 Å². The molecule has 1 aromatic carbocycles. The Labute approximate surface area is 111 Å². The number of pyridine rings is 2. The Hall–Kier alpha value is -2.30. The minimum atomic E-state index is -0.0957. The Morgan fingerprint density at radius 2 is 1.84 bits per heavy atom. The monoisotopic (exact) mass is 250 g/mol. The first-order valence-corrected chi connectivity index (χ1v) is 6.09. The van der Waals surface area contributed by atoms with Crippen molar-refractivity contribution in [2.24, 2.45) is 5.84 Å². The Kier molecular flexibility index (Phi) is 3.18. The van der Waals surface area contributed by atoms with Gasteiger partial charge in [-0.05, 0) is 28.6 Å². The predicted octanol–water partition coefficient (Wildman–Crippen LogP) is 2.18.